The maximum atomic E-state index is 3.83. The second-order valence-electron chi connectivity index (χ2n) is 6.16. The highest BCUT2D eigenvalue weighted by Crippen LogP contribution is 2.46. The Morgan fingerprint density at radius 2 is 1.54 bits per heavy atom. The molecular weight excluding hydrogens is 158 g/mol. The van der Waals surface area contributed by atoms with E-state index in [9.17, 15) is 0 Å². The zero-order valence-electron chi connectivity index (χ0n) is 9.48. The molecular formula is C12H23N. The second kappa shape index (κ2) is 2.73. The highest BCUT2D eigenvalue weighted by atomic mass is 15.1. The standard InChI is InChI=1S/C12H23N/c1-9(2)10-7-11(3)5-6-12(4,8-10)13-11/h9-10,13H,5-8H2,1-4H3. The fourth-order valence-electron chi connectivity index (χ4n) is 3.41. The molecule has 2 saturated heterocycles. The molecule has 2 heterocycles. The Kier molecular flexibility index (Phi) is 1.99. The first kappa shape index (κ1) is 9.51. The van der Waals surface area contributed by atoms with E-state index in [0.29, 0.717) is 11.1 Å². The number of rotatable bonds is 1. The quantitative estimate of drug-likeness (QED) is 0.656. The van der Waals surface area contributed by atoms with Crippen molar-refractivity contribution in [3.63, 3.8) is 0 Å². The Morgan fingerprint density at radius 3 is 1.92 bits per heavy atom. The van der Waals surface area contributed by atoms with Crippen molar-refractivity contribution < 1.29 is 0 Å². The Morgan fingerprint density at radius 1 is 1.08 bits per heavy atom. The monoisotopic (exact) mass is 181 g/mol. The molecule has 0 spiro atoms. The van der Waals surface area contributed by atoms with Crippen molar-refractivity contribution in [1.82, 2.24) is 5.32 Å². The van der Waals surface area contributed by atoms with Crippen LogP contribution in [0.15, 0.2) is 0 Å². The lowest BCUT2D eigenvalue weighted by Crippen LogP contribution is -2.54. The van der Waals surface area contributed by atoms with Gasteiger partial charge in [0.05, 0.1) is 0 Å². The smallest absolute Gasteiger partial charge is 0.0161 e. The molecule has 1 nitrogen and oxygen atoms in total. The molecule has 2 bridgehead atoms. The van der Waals surface area contributed by atoms with Gasteiger partial charge in [-0.15, -0.1) is 0 Å². The summed E-state index contributed by atoms with van der Waals surface area (Å²) < 4.78 is 0. The minimum absolute atomic E-state index is 0.460. The number of piperidine rings is 1. The molecule has 0 saturated carbocycles. The first-order valence-corrected chi connectivity index (χ1v) is 5.72. The molecule has 2 rings (SSSR count). The fraction of sp³-hybridized carbons (Fsp3) is 1.00. The lowest BCUT2D eigenvalue weighted by molar-refractivity contribution is 0.139. The Bertz CT molecular complexity index is 193. The molecule has 1 N–H and O–H groups in total. The van der Waals surface area contributed by atoms with Crippen LogP contribution in [-0.2, 0) is 0 Å². The van der Waals surface area contributed by atoms with Crippen LogP contribution < -0.4 is 5.32 Å². The molecule has 2 aliphatic heterocycles. The van der Waals surface area contributed by atoms with E-state index in [-0.39, 0.29) is 0 Å². The van der Waals surface area contributed by atoms with Gasteiger partial charge < -0.3 is 5.32 Å². The van der Waals surface area contributed by atoms with Gasteiger partial charge in [0.1, 0.15) is 0 Å². The first-order chi connectivity index (χ1) is 5.93. The van der Waals surface area contributed by atoms with Crippen LogP contribution in [0, 0.1) is 11.8 Å². The summed E-state index contributed by atoms with van der Waals surface area (Å²) in [6, 6.07) is 0. The average Bonchev–Trinajstić information content (AvgIpc) is 2.20. The van der Waals surface area contributed by atoms with Gasteiger partial charge in [0, 0.05) is 11.1 Å². The first-order valence-electron chi connectivity index (χ1n) is 5.72. The summed E-state index contributed by atoms with van der Waals surface area (Å²) in [5, 5.41) is 3.83. The van der Waals surface area contributed by atoms with Crippen LogP contribution in [0.25, 0.3) is 0 Å². The van der Waals surface area contributed by atoms with E-state index in [1.54, 1.807) is 0 Å². The minimum atomic E-state index is 0.460. The van der Waals surface area contributed by atoms with Crippen LogP contribution in [0.4, 0.5) is 0 Å². The SMILES string of the molecule is CC(C)C1CC2(C)CCC(C)(C1)N2. The highest BCUT2D eigenvalue weighted by Gasteiger charge is 2.48. The van der Waals surface area contributed by atoms with Crippen LogP contribution in [0.1, 0.15) is 53.4 Å². The summed E-state index contributed by atoms with van der Waals surface area (Å²) in [5.41, 5.74) is 0.921. The highest BCUT2D eigenvalue weighted by molar-refractivity contribution is 5.08. The van der Waals surface area contributed by atoms with Crippen molar-refractivity contribution in [2.24, 2.45) is 11.8 Å². The van der Waals surface area contributed by atoms with E-state index in [1.807, 2.05) is 0 Å². The molecule has 0 aromatic rings. The Hall–Kier alpha value is -0.0400. The van der Waals surface area contributed by atoms with Gasteiger partial charge in [-0.25, -0.2) is 0 Å². The molecule has 2 atom stereocenters. The summed E-state index contributed by atoms with van der Waals surface area (Å²) in [6.07, 6.45) is 5.54. The van der Waals surface area contributed by atoms with Gasteiger partial charge in [-0.3, -0.25) is 0 Å². The molecule has 0 amide bonds. The van der Waals surface area contributed by atoms with E-state index in [4.69, 9.17) is 0 Å². The topological polar surface area (TPSA) is 12.0 Å². The van der Waals surface area contributed by atoms with Crippen molar-refractivity contribution in [2.75, 3.05) is 0 Å². The summed E-state index contributed by atoms with van der Waals surface area (Å²) in [5.74, 6) is 1.80. The lowest BCUT2D eigenvalue weighted by Gasteiger charge is -2.43. The summed E-state index contributed by atoms with van der Waals surface area (Å²) in [4.78, 5) is 0. The zero-order chi connectivity index (χ0) is 9.69. The van der Waals surface area contributed by atoms with Gasteiger partial charge in [0.2, 0.25) is 0 Å². The van der Waals surface area contributed by atoms with Crippen LogP contribution in [0.5, 0.6) is 0 Å². The second-order valence-corrected chi connectivity index (χ2v) is 6.16. The van der Waals surface area contributed by atoms with Gasteiger partial charge >= 0.3 is 0 Å². The van der Waals surface area contributed by atoms with Crippen LogP contribution in [0.2, 0.25) is 0 Å². The third-order valence-electron chi connectivity index (χ3n) is 4.20. The van der Waals surface area contributed by atoms with Gasteiger partial charge in [-0.1, -0.05) is 13.8 Å². The predicted molar refractivity (Wildman–Crippen MR) is 56.7 cm³/mol. The molecule has 0 aliphatic carbocycles. The molecule has 0 aromatic heterocycles. The Balaban J connectivity index is 2.16. The molecule has 0 aromatic carbocycles. The van der Waals surface area contributed by atoms with Crippen molar-refractivity contribution in [2.45, 2.75) is 64.5 Å². The van der Waals surface area contributed by atoms with Gasteiger partial charge in [-0.2, -0.15) is 0 Å². The minimum Gasteiger partial charge on any atom is -0.306 e. The van der Waals surface area contributed by atoms with E-state index >= 15 is 0 Å². The normalized spacial score (nSPS) is 50.1. The van der Waals surface area contributed by atoms with Crippen LogP contribution in [0.3, 0.4) is 0 Å². The van der Waals surface area contributed by atoms with E-state index in [2.05, 4.69) is 33.0 Å². The van der Waals surface area contributed by atoms with Crippen molar-refractivity contribution >= 4 is 0 Å². The van der Waals surface area contributed by atoms with Crippen LogP contribution >= 0.6 is 0 Å². The average molecular weight is 181 g/mol. The molecule has 2 unspecified atom stereocenters. The van der Waals surface area contributed by atoms with Gasteiger partial charge in [0.15, 0.2) is 0 Å². The van der Waals surface area contributed by atoms with E-state index in [0.717, 1.165) is 11.8 Å². The summed E-state index contributed by atoms with van der Waals surface area (Å²) in [7, 11) is 0. The number of hydrogen-bond acceptors (Lipinski definition) is 1. The third-order valence-corrected chi connectivity index (χ3v) is 4.20. The maximum Gasteiger partial charge on any atom is 0.0161 e. The van der Waals surface area contributed by atoms with Gasteiger partial charge in [-0.05, 0) is 51.4 Å². The van der Waals surface area contributed by atoms with Crippen molar-refractivity contribution in [3.8, 4) is 0 Å². The van der Waals surface area contributed by atoms with Gasteiger partial charge in [0.25, 0.3) is 0 Å². The Labute approximate surface area is 82.3 Å². The van der Waals surface area contributed by atoms with E-state index in [1.165, 1.54) is 25.7 Å². The molecule has 2 fully saturated rings. The molecule has 76 valence electrons. The van der Waals surface area contributed by atoms with Crippen LogP contribution in [-0.4, -0.2) is 11.1 Å². The maximum absolute atomic E-state index is 3.83. The largest absolute Gasteiger partial charge is 0.306 e. The third kappa shape index (κ3) is 1.63. The lowest BCUT2D eigenvalue weighted by atomic mass is 9.75. The fourth-order valence-corrected chi connectivity index (χ4v) is 3.41. The molecule has 0 radical (unpaired) electrons. The number of nitrogens with one attached hydrogen (secondary N) is 1. The number of hydrogen-bond donors (Lipinski definition) is 1. The summed E-state index contributed by atoms with van der Waals surface area (Å²) >= 11 is 0. The molecule has 2 aliphatic rings. The summed E-state index contributed by atoms with van der Waals surface area (Å²) in [6.45, 7) is 9.57. The predicted octanol–water partition coefficient (Wildman–Crippen LogP) is 2.95. The van der Waals surface area contributed by atoms with Crippen molar-refractivity contribution in [3.05, 3.63) is 0 Å². The number of fused-ring (bicyclic) bond motifs is 2. The zero-order valence-corrected chi connectivity index (χ0v) is 9.48. The molecule has 13 heavy (non-hydrogen) atoms. The molecule has 1 heteroatoms. The van der Waals surface area contributed by atoms with E-state index < -0.39 is 0 Å². The van der Waals surface area contributed by atoms with Crippen molar-refractivity contribution in [1.29, 1.82) is 0 Å².